The topological polar surface area (TPSA) is 44.9 Å². The van der Waals surface area contributed by atoms with Gasteiger partial charge in [0.1, 0.15) is 5.82 Å². The fourth-order valence-electron chi connectivity index (χ4n) is 7.64. The Bertz CT molecular complexity index is 2590. The van der Waals surface area contributed by atoms with E-state index >= 15 is 0 Å². The Morgan fingerprint density at radius 2 is 1.17 bits per heavy atom. The van der Waals surface area contributed by atoms with Crippen molar-refractivity contribution < 1.29 is 25.8 Å². The summed E-state index contributed by atoms with van der Waals surface area (Å²) in [6.45, 7) is 34.1. The summed E-state index contributed by atoms with van der Waals surface area (Å²) in [5, 5.41) is 7.71. The van der Waals surface area contributed by atoms with Crippen molar-refractivity contribution in [3.63, 3.8) is 0 Å². The second-order valence-corrected chi connectivity index (χ2v) is 20.9. The van der Waals surface area contributed by atoms with Crippen LogP contribution in [0.2, 0.25) is 0 Å². The van der Waals surface area contributed by atoms with Gasteiger partial charge in [-0.15, -0.1) is 35.7 Å². The van der Waals surface area contributed by atoms with Crippen LogP contribution >= 0.6 is 0 Å². The van der Waals surface area contributed by atoms with E-state index in [0.29, 0.717) is 11.5 Å². The average Bonchev–Trinajstić information content (AvgIpc) is 3.68. The number of hydrogen-bond donors (Lipinski definition) is 0. The molecule has 6 heteroatoms. The third-order valence-corrected chi connectivity index (χ3v) is 10.9. The zero-order chi connectivity index (χ0) is 41.5. The van der Waals surface area contributed by atoms with Crippen LogP contribution in [0.1, 0.15) is 132 Å². The number of pyridine rings is 1. The van der Waals surface area contributed by atoms with E-state index in [1.807, 2.05) is 24.4 Å². The van der Waals surface area contributed by atoms with E-state index in [-0.39, 0.29) is 48.1 Å². The fraction of sp³-hybridized carbons (Fsp3) is 0.385. The number of aromatic nitrogens is 4. The molecule has 4 aromatic carbocycles. The molecular weight excluding hydrogens is 892 g/mol. The molecule has 0 aliphatic rings. The van der Waals surface area contributed by atoms with Gasteiger partial charge in [0.15, 0.2) is 0 Å². The van der Waals surface area contributed by atoms with Crippen LogP contribution in [0.4, 0.5) is 0 Å². The predicted molar refractivity (Wildman–Crippen MR) is 239 cm³/mol. The molecule has 7 aromatic rings. The second-order valence-electron chi connectivity index (χ2n) is 20.9. The fourth-order valence-corrected chi connectivity index (χ4v) is 7.64. The van der Waals surface area contributed by atoms with Gasteiger partial charge in [0.25, 0.3) is 0 Å². The molecule has 7 rings (SSSR count). The molecule has 0 saturated carbocycles. The van der Waals surface area contributed by atoms with Crippen LogP contribution in [0.5, 0.6) is 11.5 Å². The summed E-state index contributed by atoms with van der Waals surface area (Å²) in [7, 11) is 0. The van der Waals surface area contributed by atoms with Crippen molar-refractivity contribution in [2.45, 2.75) is 131 Å². The first-order valence-electron chi connectivity index (χ1n) is 20.3. The van der Waals surface area contributed by atoms with Crippen molar-refractivity contribution >= 4 is 21.8 Å². The van der Waals surface area contributed by atoms with Gasteiger partial charge in [-0.05, 0) is 67.8 Å². The minimum atomic E-state index is -0.249. The summed E-state index contributed by atoms with van der Waals surface area (Å²) in [4.78, 5) is 4.85. The number of rotatable bonds is 5. The second kappa shape index (κ2) is 15.0. The molecule has 0 saturated heterocycles. The Labute approximate surface area is 361 Å². The summed E-state index contributed by atoms with van der Waals surface area (Å²) in [6, 6.07) is 37.4. The van der Waals surface area contributed by atoms with Crippen molar-refractivity contribution in [3.8, 4) is 34.1 Å². The van der Waals surface area contributed by atoms with E-state index in [1.165, 1.54) is 27.8 Å². The van der Waals surface area contributed by atoms with Gasteiger partial charge in [0.2, 0.25) is 0 Å². The molecule has 0 bridgehead atoms. The van der Waals surface area contributed by atoms with Crippen molar-refractivity contribution in [2.24, 2.45) is 0 Å². The Morgan fingerprint density at radius 3 is 1.78 bits per heavy atom. The summed E-state index contributed by atoms with van der Waals surface area (Å²) in [5.41, 5.74) is 10.8. The van der Waals surface area contributed by atoms with E-state index in [2.05, 4.69) is 192 Å². The maximum Gasteiger partial charge on any atom is 2.00 e. The first-order valence-corrected chi connectivity index (χ1v) is 20.3. The molecule has 0 N–H and O–H groups in total. The van der Waals surface area contributed by atoms with Crippen molar-refractivity contribution in [2.75, 3.05) is 0 Å². The van der Waals surface area contributed by atoms with Gasteiger partial charge < -0.3 is 9.30 Å². The molecule has 0 radical (unpaired) electrons. The molecule has 5 nitrogen and oxygen atoms in total. The number of hydrogen-bond acceptors (Lipinski definition) is 3. The first kappa shape index (κ1) is 43.1. The number of nitrogens with zero attached hydrogens (tertiary/aromatic N) is 4. The molecule has 3 heterocycles. The molecule has 0 fully saturated rings. The largest absolute Gasteiger partial charge is 2.00 e. The van der Waals surface area contributed by atoms with Crippen LogP contribution < -0.4 is 4.74 Å². The molecule has 0 atom stereocenters. The summed E-state index contributed by atoms with van der Waals surface area (Å²) in [6.07, 6.45) is 1.90. The maximum atomic E-state index is 6.65. The predicted octanol–water partition coefficient (Wildman–Crippen LogP) is 13.9. The Balaban J connectivity index is 0.00000567. The van der Waals surface area contributed by atoms with Gasteiger partial charge in [-0.1, -0.05) is 146 Å². The third kappa shape index (κ3) is 8.35. The van der Waals surface area contributed by atoms with Crippen LogP contribution in [0.3, 0.4) is 0 Å². The first-order chi connectivity index (χ1) is 26.4. The molecular formula is C52H60N4OPt. The molecule has 0 unspecified atom stereocenters. The van der Waals surface area contributed by atoms with Crippen molar-refractivity contribution in [1.29, 1.82) is 0 Å². The van der Waals surface area contributed by atoms with Crippen LogP contribution in [0, 0.1) is 12.1 Å². The number of ether oxygens (including phenoxy) is 1. The van der Waals surface area contributed by atoms with Gasteiger partial charge in [-0.3, -0.25) is 4.68 Å². The molecule has 0 spiro atoms. The monoisotopic (exact) mass is 951 g/mol. The van der Waals surface area contributed by atoms with Crippen LogP contribution in [-0.2, 0) is 48.1 Å². The molecule has 0 aliphatic heterocycles. The van der Waals surface area contributed by atoms with Gasteiger partial charge in [0, 0.05) is 39.6 Å². The van der Waals surface area contributed by atoms with Gasteiger partial charge in [-0.2, -0.15) is 17.2 Å². The van der Waals surface area contributed by atoms with Crippen molar-refractivity contribution in [3.05, 3.63) is 131 Å². The van der Waals surface area contributed by atoms with Crippen LogP contribution in [0.15, 0.2) is 91.1 Å². The standard InChI is InChI=1S/C52H60N4O.Pt/c1-48(2,3)34-25-26-53-44(30-34)55-42-22-17-16-21-40(42)41-24-23-39(32-43(41)55)57-38-20-18-19-37(31-38)56-47(52(13,14)15)45(46(54-56)51(10,11)12)33-27-35(49(4,5)6)29-36(28-33)50(7,8)9;/h16-30H,1-15H3;/q-2;+2. The van der Waals surface area contributed by atoms with Crippen molar-refractivity contribution in [1.82, 2.24) is 19.3 Å². The Kier molecular flexibility index (Phi) is 11.1. The zero-order valence-corrected chi connectivity index (χ0v) is 39.4. The molecule has 304 valence electrons. The Morgan fingerprint density at radius 1 is 0.552 bits per heavy atom. The van der Waals surface area contributed by atoms with Crippen LogP contribution in [0.25, 0.3) is 44.4 Å². The third-order valence-electron chi connectivity index (χ3n) is 10.9. The summed E-state index contributed by atoms with van der Waals surface area (Å²) < 4.78 is 11.0. The van der Waals surface area contributed by atoms with E-state index < -0.39 is 0 Å². The maximum absolute atomic E-state index is 6.65. The minimum absolute atomic E-state index is 0. The summed E-state index contributed by atoms with van der Waals surface area (Å²) in [5.74, 6) is 2.06. The van der Waals surface area contributed by atoms with E-state index in [1.54, 1.807) is 0 Å². The number of benzene rings is 4. The average molecular weight is 952 g/mol. The smallest absolute Gasteiger partial charge is 0.509 e. The zero-order valence-electron chi connectivity index (χ0n) is 37.2. The SMILES string of the molecule is CC(C)(C)c1cc(-c2c(C(C)(C)C)nn(-c3[c-]c(Oc4[c-]c5c(cc4)c4ccccc4n5-c4cc(C(C)(C)C)ccn4)ccc3)c2C(C)(C)C)cc(C(C)(C)C)c1.[Pt+2]. The Hall–Kier alpha value is -4.47. The molecule has 58 heavy (non-hydrogen) atoms. The molecule has 0 amide bonds. The normalized spacial score (nSPS) is 12.9. The van der Waals surface area contributed by atoms with E-state index in [9.17, 15) is 0 Å². The van der Waals surface area contributed by atoms with Gasteiger partial charge in [-0.25, -0.2) is 4.98 Å². The van der Waals surface area contributed by atoms with Gasteiger partial charge >= 0.3 is 21.1 Å². The molecule has 0 aliphatic carbocycles. The minimum Gasteiger partial charge on any atom is -0.509 e. The van der Waals surface area contributed by atoms with E-state index in [0.717, 1.165) is 44.7 Å². The van der Waals surface area contributed by atoms with Crippen LogP contribution in [-0.4, -0.2) is 19.3 Å². The number of para-hydroxylation sites is 1. The molecule has 3 aromatic heterocycles. The summed E-state index contributed by atoms with van der Waals surface area (Å²) >= 11 is 0. The quantitative estimate of drug-likeness (QED) is 0.162. The van der Waals surface area contributed by atoms with E-state index in [4.69, 9.17) is 14.8 Å². The number of fused-ring (bicyclic) bond motifs is 3. The van der Waals surface area contributed by atoms with Gasteiger partial charge in [0.05, 0.1) is 11.4 Å².